The first kappa shape index (κ1) is 20.6. The second-order valence-electron chi connectivity index (χ2n) is 9.16. The van der Waals surface area contributed by atoms with Crippen LogP contribution >= 0.6 is 0 Å². The second-order valence-corrected chi connectivity index (χ2v) is 9.16. The molecule has 3 heterocycles. The van der Waals surface area contributed by atoms with Crippen LogP contribution in [0.15, 0.2) is 0 Å². The van der Waals surface area contributed by atoms with E-state index >= 15 is 0 Å². The van der Waals surface area contributed by atoms with Crippen molar-refractivity contribution in [1.29, 1.82) is 0 Å². The van der Waals surface area contributed by atoms with Crippen LogP contribution in [-0.2, 0) is 19.1 Å². The molecule has 3 saturated heterocycles. The minimum atomic E-state index is 0.131. The van der Waals surface area contributed by atoms with E-state index in [9.17, 15) is 9.59 Å². The van der Waals surface area contributed by atoms with Crippen LogP contribution in [0.1, 0.15) is 53.4 Å². The second kappa shape index (κ2) is 8.48. The highest BCUT2D eigenvalue weighted by Crippen LogP contribution is 2.50. The summed E-state index contributed by atoms with van der Waals surface area (Å²) in [5.41, 5.74) is 0.131. The van der Waals surface area contributed by atoms with Gasteiger partial charge in [0, 0.05) is 32.5 Å². The minimum absolute atomic E-state index is 0.131. The first-order valence-electron chi connectivity index (χ1n) is 10.6. The summed E-state index contributed by atoms with van der Waals surface area (Å²) in [5.74, 6) is 1.39. The summed E-state index contributed by atoms with van der Waals surface area (Å²) in [5, 5.41) is 0. The first-order valence-corrected chi connectivity index (χ1v) is 10.6. The fraction of sp³-hybridized carbons (Fsp3) is 0.905. The Morgan fingerprint density at radius 3 is 2.52 bits per heavy atom. The predicted molar refractivity (Wildman–Crippen MR) is 103 cm³/mol. The summed E-state index contributed by atoms with van der Waals surface area (Å²) >= 11 is 0. The number of hydrogen-bond donors (Lipinski definition) is 0. The number of carbonyl (C=O) groups excluding carboxylic acids is 2. The van der Waals surface area contributed by atoms with Crippen molar-refractivity contribution in [2.75, 3.05) is 39.5 Å². The van der Waals surface area contributed by atoms with Gasteiger partial charge in [0.2, 0.25) is 11.8 Å². The number of piperidine rings is 1. The summed E-state index contributed by atoms with van der Waals surface area (Å²) in [6, 6.07) is 0.237. The average molecular weight is 381 g/mol. The summed E-state index contributed by atoms with van der Waals surface area (Å²) in [4.78, 5) is 28.6. The zero-order valence-corrected chi connectivity index (χ0v) is 17.4. The van der Waals surface area contributed by atoms with Crippen molar-refractivity contribution in [2.24, 2.45) is 17.3 Å². The Labute approximate surface area is 163 Å². The molecule has 27 heavy (non-hydrogen) atoms. The highest BCUT2D eigenvalue weighted by molar-refractivity contribution is 5.76. The molecular formula is C21H36N2O4. The van der Waals surface area contributed by atoms with E-state index in [4.69, 9.17) is 9.47 Å². The molecule has 0 aromatic carbocycles. The van der Waals surface area contributed by atoms with Gasteiger partial charge in [-0.1, -0.05) is 13.8 Å². The molecule has 0 aromatic heterocycles. The van der Waals surface area contributed by atoms with E-state index in [0.29, 0.717) is 31.5 Å². The van der Waals surface area contributed by atoms with Gasteiger partial charge in [0.15, 0.2) is 0 Å². The Morgan fingerprint density at radius 1 is 1.19 bits per heavy atom. The molecule has 1 spiro atoms. The molecule has 3 aliphatic heterocycles. The third kappa shape index (κ3) is 4.48. The standard InChI is InChI=1S/C21H36N2O4/c1-15(2)11-16(3)27-10-5-20(25)22-8-6-21(7-9-22)14-23(17(4)24)19-13-26-12-18(19)21/h15-16,18-19H,5-14H2,1-4H3/t16?,18-,19+/m0/s1. The van der Waals surface area contributed by atoms with Gasteiger partial charge in [-0.05, 0) is 37.5 Å². The zero-order valence-electron chi connectivity index (χ0n) is 17.4. The van der Waals surface area contributed by atoms with Crippen molar-refractivity contribution in [2.45, 2.75) is 65.5 Å². The average Bonchev–Trinajstić information content (AvgIpc) is 3.18. The lowest BCUT2D eigenvalue weighted by Gasteiger charge is -2.42. The van der Waals surface area contributed by atoms with Crippen LogP contribution in [0.25, 0.3) is 0 Å². The van der Waals surface area contributed by atoms with Crippen molar-refractivity contribution in [3.8, 4) is 0 Å². The Bertz CT molecular complexity index is 542. The third-order valence-electron chi connectivity index (χ3n) is 6.76. The smallest absolute Gasteiger partial charge is 0.224 e. The molecule has 0 saturated carbocycles. The number of ether oxygens (including phenoxy) is 2. The molecule has 3 rings (SSSR count). The van der Waals surface area contributed by atoms with E-state index in [1.54, 1.807) is 6.92 Å². The summed E-state index contributed by atoms with van der Waals surface area (Å²) in [6.07, 6.45) is 3.63. The lowest BCUT2D eigenvalue weighted by atomic mass is 9.70. The van der Waals surface area contributed by atoms with E-state index in [0.717, 1.165) is 45.5 Å². The van der Waals surface area contributed by atoms with Gasteiger partial charge in [0.1, 0.15) is 0 Å². The molecule has 0 radical (unpaired) electrons. The fourth-order valence-corrected chi connectivity index (χ4v) is 5.32. The molecule has 0 bridgehead atoms. The molecule has 0 N–H and O–H groups in total. The normalized spacial score (nSPS) is 28.0. The van der Waals surface area contributed by atoms with E-state index in [2.05, 4.69) is 20.8 Å². The number of amides is 2. The van der Waals surface area contributed by atoms with Crippen molar-refractivity contribution in [1.82, 2.24) is 9.80 Å². The Morgan fingerprint density at radius 2 is 1.89 bits per heavy atom. The lowest BCUT2D eigenvalue weighted by molar-refractivity contribution is -0.136. The Kier molecular flexibility index (Phi) is 6.46. The van der Waals surface area contributed by atoms with Crippen LogP contribution < -0.4 is 0 Å². The summed E-state index contributed by atoms with van der Waals surface area (Å²) in [6.45, 7) is 12.4. The van der Waals surface area contributed by atoms with Gasteiger partial charge in [-0.25, -0.2) is 0 Å². The van der Waals surface area contributed by atoms with Crippen molar-refractivity contribution < 1.29 is 19.1 Å². The van der Waals surface area contributed by atoms with Gasteiger partial charge in [-0.15, -0.1) is 0 Å². The molecule has 0 aliphatic carbocycles. The Balaban J connectivity index is 1.47. The quantitative estimate of drug-likeness (QED) is 0.710. The minimum Gasteiger partial charge on any atom is -0.379 e. The maximum atomic E-state index is 12.6. The molecule has 3 atom stereocenters. The van der Waals surface area contributed by atoms with Crippen LogP contribution in [0, 0.1) is 17.3 Å². The van der Waals surface area contributed by atoms with Crippen LogP contribution in [0.3, 0.4) is 0 Å². The number of carbonyl (C=O) groups is 2. The molecule has 6 heteroatoms. The molecule has 2 amide bonds. The number of nitrogens with zero attached hydrogens (tertiary/aromatic N) is 2. The maximum Gasteiger partial charge on any atom is 0.224 e. The zero-order chi connectivity index (χ0) is 19.6. The van der Waals surface area contributed by atoms with Gasteiger partial charge < -0.3 is 19.3 Å². The van der Waals surface area contributed by atoms with Gasteiger partial charge in [-0.3, -0.25) is 9.59 Å². The van der Waals surface area contributed by atoms with E-state index < -0.39 is 0 Å². The molecule has 154 valence electrons. The van der Waals surface area contributed by atoms with Crippen LogP contribution in [0.4, 0.5) is 0 Å². The van der Waals surface area contributed by atoms with E-state index in [1.807, 2.05) is 9.80 Å². The van der Waals surface area contributed by atoms with Gasteiger partial charge >= 0.3 is 0 Å². The molecular weight excluding hydrogens is 344 g/mol. The van der Waals surface area contributed by atoms with Gasteiger partial charge in [0.05, 0.1) is 38.4 Å². The molecule has 3 aliphatic rings. The molecule has 3 fully saturated rings. The molecule has 0 aromatic rings. The fourth-order valence-electron chi connectivity index (χ4n) is 5.32. The van der Waals surface area contributed by atoms with Crippen molar-refractivity contribution >= 4 is 11.8 Å². The lowest BCUT2D eigenvalue weighted by Crippen LogP contribution is -2.47. The summed E-state index contributed by atoms with van der Waals surface area (Å²) in [7, 11) is 0. The molecule has 1 unspecified atom stereocenters. The number of fused-ring (bicyclic) bond motifs is 2. The van der Waals surface area contributed by atoms with Crippen molar-refractivity contribution in [3.05, 3.63) is 0 Å². The molecule has 6 nitrogen and oxygen atoms in total. The number of hydrogen-bond acceptors (Lipinski definition) is 4. The van der Waals surface area contributed by atoms with E-state index in [-0.39, 0.29) is 29.4 Å². The SMILES string of the molecule is CC(=O)N1CC2(CCN(C(=O)CCOC(C)CC(C)C)CC2)[C@H]2COC[C@H]21. The third-order valence-corrected chi connectivity index (χ3v) is 6.76. The largest absolute Gasteiger partial charge is 0.379 e. The van der Waals surface area contributed by atoms with Crippen LogP contribution in [-0.4, -0.2) is 73.2 Å². The highest BCUT2D eigenvalue weighted by atomic mass is 16.5. The first-order chi connectivity index (χ1) is 12.8. The monoisotopic (exact) mass is 380 g/mol. The highest BCUT2D eigenvalue weighted by Gasteiger charge is 2.56. The van der Waals surface area contributed by atoms with E-state index in [1.165, 1.54) is 0 Å². The van der Waals surface area contributed by atoms with Crippen molar-refractivity contribution in [3.63, 3.8) is 0 Å². The number of likely N-dealkylation sites (tertiary alicyclic amines) is 2. The predicted octanol–water partition coefficient (Wildman–Crippen LogP) is 2.31. The summed E-state index contributed by atoms with van der Waals surface area (Å²) < 4.78 is 11.5. The van der Waals surface area contributed by atoms with Gasteiger partial charge in [0.25, 0.3) is 0 Å². The topological polar surface area (TPSA) is 59.1 Å². The van der Waals surface area contributed by atoms with Gasteiger partial charge in [-0.2, -0.15) is 0 Å². The Hall–Kier alpha value is -1.14. The maximum absolute atomic E-state index is 12.6. The van der Waals surface area contributed by atoms with Crippen LogP contribution in [0.5, 0.6) is 0 Å². The number of rotatable bonds is 6. The van der Waals surface area contributed by atoms with Crippen LogP contribution in [0.2, 0.25) is 0 Å².